The lowest BCUT2D eigenvalue weighted by molar-refractivity contribution is -0.384. The number of nitro benzene ring substituents is 1. The summed E-state index contributed by atoms with van der Waals surface area (Å²) in [6.45, 7) is 1.54. The van der Waals surface area contributed by atoms with Crippen LogP contribution in [0.25, 0.3) is 10.2 Å². The number of aryl methyl sites for hydroxylation is 1. The van der Waals surface area contributed by atoms with Gasteiger partial charge in [-0.3, -0.25) is 24.4 Å². The average Bonchev–Trinajstić information content (AvgIpc) is 3.19. The number of amides is 1. The second kappa shape index (κ2) is 10.3. The zero-order valence-electron chi connectivity index (χ0n) is 19.6. The fourth-order valence-electron chi connectivity index (χ4n) is 3.43. The Morgan fingerprint density at radius 3 is 2.49 bits per heavy atom. The van der Waals surface area contributed by atoms with Gasteiger partial charge in [0.25, 0.3) is 21.6 Å². The Morgan fingerprint density at radius 2 is 1.81 bits per heavy atom. The molecule has 11 nitrogen and oxygen atoms in total. The Balaban J connectivity index is 1.78. The number of para-hydroxylation sites is 1. The lowest BCUT2D eigenvalue weighted by Crippen LogP contribution is -2.22. The summed E-state index contributed by atoms with van der Waals surface area (Å²) in [6.07, 6.45) is 0. The third-order valence-electron chi connectivity index (χ3n) is 5.32. The van der Waals surface area contributed by atoms with Crippen LogP contribution < -0.4 is 9.52 Å². The number of fused-ring (bicyclic) bond motifs is 1. The minimum atomic E-state index is -3.99. The topological polar surface area (TPSA) is 150 Å². The van der Waals surface area contributed by atoms with Crippen molar-refractivity contribution in [3.05, 3.63) is 92.8 Å². The molecular weight excluding hydrogens is 520 g/mol. The van der Waals surface area contributed by atoms with Crippen molar-refractivity contribution in [1.82, 2.24) is 4.57 Å². The van der Waals surface area contributed by atoms with E-state index in [9.17, 15) is 28.1 Å². The van der Waals surface area contributed by atoms with Crippen molar-refractivity contribution >= 4 is 54.8 Å². The van der Waals surface area contributed by atoms with Gasteiger partial charge in [0.1, 0.15) is 6.54 Å². The van der Waals surface area contributed by atoms with E-state index < -0.39 is 26.8 Å². The lowest BCUT2D eigenvalue weighted by atomic mass is 10.2. The van der Waals surface area contributed by atoms with Crippen LogP contribution in [-0.4, -0.2) is 36.9 Å². The number of hydrogen-bond acceptors (Lipinski definition) is 8. The van der Waals surface area contributed by atoms with Crippen molar-refractivity contribution in [2.75, 3.05) is 11.8 Å². The standard InChI is InChI=1S/C24H20N4O7S2/c1-15-7-10-17(11-8-15)37(33,34)26-19-6-4-3-5-18(19)23(30)25-24-27(14-22(29)35-2)20-12-9-16(28(31)32)13-21(20)36-24/h3-13,26H,14H2,1-2H3. The molecule has 0 saturated heterocycles. The fraction of sp³-hybridized carbons (Fsp3) is 0.125. The number of methoxy groups -OCH3 is 1. The molecule has 0 radical (unpaired) electrons. The zero-order chi connectivity index (χ0) is 26.7. The van der Waals surface area contributed by atoms with Crippen molar-refractivity contribution in [3.63, 3.8) is 0 Å². The van der Waals surface area contributed by atoms with Crippen LogP contribution in [-0.2, 0) is 26.1 Å². The van der Waals surface area contributed by atoms with Gasteiger partial charge < -0.3 is 9.30 Å². The van der Waals surface area contributed by atoms with Crippen molar-refractivity contribution in [3.8, 4) is 0 Å². The first-order valence-corrected chi connectivity index (χ1v) is 13.0. The van der Waals surface area contributed by atoms with Crippen molar-refractivity contribution in [1.29, 1.82) is 0 Å². The average molecular weight is 541 g/mol. The van der Waals surface area contributed by atoms with Gasteiger partial charge in [0.2, 0.25) is 0 Å². The molecule has 1 heterocycles. The maximum atomic E-state index is 13.2. The number of ether oxygens (including phenoxy) is 1. The first-order valence-electron chi connectivity index (χ1n) is 10.7. The van der Waals surface area contributed by atoms with E-state index in [1.54, 1.807) is 24.3 Å². The number of nitrogens with one attached hydrogen (secondary N) is 1. The normalized spacial score (nSPS) is 11.9. The molecule has 4 aromatic rings. The number of nitrogens with zero attached hydrogens (tertiary/aromatic N) is 3. The maximum absolute atomic E-state index is 13.2. The molecule has 0 aliphatic heterocycles. The van der Waals surface area contributed by atoms with E-state index in [0.29, 0.717) is 10.2 Å². The number of aromatic nitrogens is 1. The monoisotopic (exact) mass is 540 g/mol. The maximum Gasteiger partial charge on any atom is 0.325 e. The number of hydrogen-bond donors (Lipinski definition) is 1. The number of benzene rings is 3. The Hall–Kier alpha value is -4.36. The fourth-order valence-corrected chi connectivity index (χ4v) is 5.57. The summed E-state index contributed by atoms with van der Waals surface area (Å²) in [5.41, 5.74) is 1.18. The molecule has 4 rings (SSSR count). The number of sulfonamides is 1. The summed E-state index contributed by atoms with van der Waals surface area (Å²) in [6, 6.07) is 16.3. The van der Waals surface area contributed by atoms with E-state index in [2.05, 4.69) is 9.71 Å². The second-order valence-electron chi connectivity index (χ2n) is 7.84. The summed E-state index contributed by atoms with van der Waals surface area (Å²) in [5, 5.41) is 11.2. The lowest BCUT2D eigenvalue weighted by Gasteiger charge is -2.11. The molecule has 1 aromatic heterocycles. The van der Waals surface area contributed by atoms with Gasteiger partial charge >= 0.3 is 5.97 Å². The second-order valence-corrected chi connectivity index (χ2v) is 10.5. The summed E-state index contributed by atoms with van der Waals surface area (Å²) in [4.78, 5) is 40.1. The molecule has 0 saturated carbocycles. The van der Waals surface area contributed by atoms with E-state index >= 15 is 0 Å². The van der Waals surface area contributed by atoms with Crippen LogP contribution in [0.5, 0.6) is 0 Å². The summed E-state index contributed by atoms with van der Waals surface area (Å²) < 4.78 is 34.8. The molecule has 1 N–H and O–H groups in total. The van der Waals surface area contributed by atoms with Gasteiger partial charge in [-0.15, -0.1) is 0 Å². The van der Waals surface area contributed by atoms with E-state index in [0.717, 1.165) is 16.9 Å². The number of rotatable bonds is 7. The number of thiazole rings is 1. The number of anilines is 1. The summed E-state index contributed by atoms with van der Waals surface area (Å²) in [5.74, 6) is -1.39. The third-order valence-corrected chi connectivity index (χ3v) is 7.74. The van der Waals surface area contributed by atoms with Crippen molar-refractivity contribution in [2.45, 2.75) is 18.4 Å². The zero-order valence-corrected chi connectivity index (χ0v) is 21.2. The first kappa shape index (κ1) is 25.7. The van der Waals surface area contributed by atoms with Crippen molar-refractivity contribution in [2.24, 2.45) is 4.99 Å². The number of non-ortho nitro benzene ring substituents is 1. The van der Waals surface area contributed by atoms with Crippen LogP contribution in [0, 0.1) is 17.0 Å². The van der Waals surface area contributed by atoms with E-state index in [1.807, 2.05) is 6.92 Å². The predicted octanol–water partition coefficient (Wildman–Crippen LogP) is 3.63. The molecule has 190 valence electrons. The minimum absolute atomic E-state index is 0.0214. The molecule has 13 heteroatoms. The minimum Gasteiger partial charge on any atom is -0.468 e. The van der Waals surface area contributed by atoms with Crippen LogP contribution in [0.2, 0.25) is 0 Å². The number of nitro groups is 1. The molecule has 0 bridgehead atoms. The number of carbonyl (C=O) groups excluding carboxylic acids is 2. The highest BCUT2D eigenvalue weighted by Crippen LogP contribution is 2.24. The van der Waals surface area contributed by atoms with Gasteiger partial charge in [-0.2, -0.15) is 4.99 Å². The SMILES string of the molecule is COC(=O)Cn1c(=NC(=O)c2ccccc2NS(=O)(=O)c2ccc(C)cc2)sc2cc([N+](=O)[O-])ccc21. The smallest absolute Gasteiger partial charge is 0.325 e. The molecule has 0 fully saturated rings. The molecule has 0 unspecified atom stereocenters. The van der Waals surface area contributed by atoms with Crippen LogP contribution in [0.4, 0.5) is 11.4 Å². The van der Waals surface area contributed by atoms with Crippen LogP contribution in [0.15, 0.2) is 76.6 Å². The largest absolute Gasteiger partial charge is 0.468 e. The third kappa shape index (κ3) is 5.57. The molecule has 0 spiro atoms. The first-order chi connectivity index (χ1) is 17.6. The highest BCUT2D eigenvalue weighted by atomic mass is 32.2. The van der Waals surface area contributed by atoms with Gasteiger partial charge in [-0.05, 0) is 37.3 Å². The van der Waals surface area contributed by atoms with E-state index in [1.165, 1.54) is 54.1 Å². The van der Waals surface area contributed by atoms with Gasteiger partial charge in [0, 0.05) is 12.1 Å². The highest BCUT2D eigenvalue weighted by Gasteiger charge is 2.20. The molecule has 3 aromatic carbocycles. The Labute approximate surface area is 214 Å². The van der Waals surface area contributed by atoms with Crippen LogP contribution >= 0.6 is 11.3 Å². The Morgan fingerprint density at radius 1 is 1.11 bits per heavy atom. The summed E-state index contributed by atoms with van der Waals surface area (Å²) >= 11 is 0.973. The van der Waals surface area contributed by atoms with Gasteiger partial charge in [0.15, 0.2) is 4.80 Å². The Kier molecular flexibility index (Phi) is 7.18. The van der Waals surface area contributed by atoms with Crippen LogP contribution in [0.1, 0.15) is 15.9 Å². The Bertz CT molecular complexity index is 1710. The van der Waals surface area contributed by atoms with Gasteiger partial charge in [-0.25, -0.2) is 8.42 Å². The molecule has 0 aliphatic rings. The van der Waals surface area contributed by atoms with Gasteiger partial charge in [0.05, 0.1) is 38.4 Å². The van der Waals surface area contributed by atoms with Crippen LogP contribution in [0.3, 0.4) is 0 Å². The van der Waals surface area contributed by atoms with Crippen molar-refractivity contribution < 1.29 is 27.7 Å². The number of carbonyl (C=O) groups is 2. The predicted molar refractivity (Wildman–Crippen MR) is 137 cm³/mol. The number of esters is 1. The van der Waals surface area contributed by atoms with E-state index in [4.69, 9.17) is 4.74 Å². The molecule has 1 amide bonds. The van der Waals surface area contributed by atoms with Gasteiger partial charge in [-0.1, -0.05) is 41.2 Å². The molecule has 0 atom stereocenters. The molecular formula is C24H20N4O7S2. The molecule has 0 aliphatic carbocycles. The molecule has 37 heavy (non-hydrogen) atoms. The summed E-state index contributed by atoms with van der Waals surface area (Å²) in [7, 11) is -2.78. The highest BCUT2D eigenvalue weighted by molar-refractivity contribution is 7.92. The quantitative estimate of drug-likeness (QED) is 0.214. The van der Waals surface area contributed by atoms with E-state index in [-0.39, 0.29) is 33.2 Å².